The molecule has 1 aromatic carbocycles. The van der Waals surface area contributed by atoms with Crippen LogP contribution in [0.2, 0.25) is 0 Å². The summed E-state index contributed by atoms with van der Waals surface area (Å²) in [5.41, 5.74) is 0.506. The second-order valence-corrected chi connectivity index (χ2v) is 5.45. The number of nitrogens with zero attached hydrogens (tertiary/aromatic N) is 1. The summed E-state index contributed by atoms with van der Waals surface area (Å²) >= 11 is 0. The Balaban J connectivity index is 0.00000264. The summed E-state index contributed by atoms with van der Waals surface area (Å²) in [5, 5.41) is 3.34. The van der Waals surface area contributed by atoms with E-state index >= 15 is 0 Å². The molecular formula is C16H23ClF2N2O2. The van der Waals surface area contributed by atoms with Crippen molar-refractivity contribution < 1.29 is 18.3 Å². The molecule has 130 valence electrons. The lowest BCUT2D eigenvalue weighted by Crippen LogP contribution is -2.40. The summed E-state index contributed by atoms with van der Waals surface area (Å²) in [6.45, 7) is 2.68. The molecule has 7 heteroatoms. The van der Waals surface area contributed by atoms with Gasteiger partial charge in [-0.25, -0.2) is 0 Å². The van der Waals surface area contributed by atoms with Crippen molar-refractivity contribution in [3.63, 3.8) is 0 Å². The zero-order valence-corrected chi connectivity index (χ0v) is 14.0. The van der Waals surface area contributed by atoms with Crippen molar-refractivity contribution in [3.8, 4) is 5.75 Å². The molecule has 1 N–H and O–H groups in total. The van der Waals surface area contributed by atoms with Gasteiger partial charge in [-0.1, -0.05) is 6.92 Å². The second-order valence-electron chi connectivity index (χ2n) is 5.45. The van der Waals surface area contributed by atoms with Gasteiger partial charge in [-0.2, -0.15) is 8.78 Å². The molecule has 1 saturated heterocycles. The van der Waals surface area contributed by atoms with Gasteiger partial charge in [-0.3, -0.25) is 4.79 Å². The topological polar surface area (TPSA) is 41.6 Å². The average Bonchev–Trinajstić information content (AvgIpc) is 2.53. The van der Waals surface area contributed by atoms with Gasteiger partial charge in [0.15, 0.2) is 0 Å². The summed E-state index contributed by atoms with van der Waals surface area (Å²) in [6, 6.07) is 5.87. The summed E-state index contributed by atoms with van der Waals surface area (Å²) < 4.78 is 28.5. The Bertz CT molecular complexity index is 477. The predicted octanol–water partition coefficient (Wildman–Crippen LogP) is 3.17. The number of likely N-dealkylation sites (tertiary alicyclic amines) is 1. The third kappa shape index (κ3) is 5.95. The van der Waals surface area contributed by atoms with Crippen molar-refractivity contribution in [3.05, 3.63) is 29.8 Å². The van der Waals surface area contributed by atoms with Gasteiger partial charge in [0.05, 0.1) is 0 Å². The predicted molar refractivity (Wildman–Crippen MR) is 87.5 cm³/mol. The van der Waals surface area contributed by atoms with Crippen molar-refractivity contribution in [1.29, 1.82) is 0 Å². The van der Waals surface area contributed by atoms with E-state index in [4.69, 9.17) is 0 Å². The number of hydrogen-bond acceptors (Lipinski definition) is 3. The Hall–Kier alpha value is -1.40. The molecule has 0 aliphatic carbocycles. The lowest BCUT2D eigenvalue weighted by atomic mass is 9.96. The number of alkyl halides is 2. The van der Waals surface area contributed by atoms with Crippen LogP contribution >= 0.6 is 12.4 Å². The minimum Gasteiger partial charge on any atom is -0.435 e. The maximum absolute atomic E-state index is 12.4. The molecule has 1 aromatic rings. The number of carbonyl (C=O) groups excluding carboxylic acids is 1. The van der Waals surface area contributed by atoms with Gasteiger partial charge in [-0.15, -0.1) is 12.4 Å². The zero-order valence-electron chi connectivity index (χ0n) is 13.1. The van der Waals surface area contributed by atoms with Gasteiger partial charge in [0.1, 0.15) is 5.75 Å². The third-order valence-electron chi connectivity index (χ3n) is 3.91. The normalized spacial score (nSPS) is 15.4. The Labute approximate surface area is 141 Å². The Kier molecular flexibility index (Phi) is 8.26. The van der Waals surface area contributed by atoms with Crippen molar-refractivity contribution in [1.82, 2.24) is 10.2 Å². The fourth-order valence-corrected chi connectivity index (χ4v) is 2.65. The minimum absolute atomic E-state index is 0. The molecule has 1 fully saturated rings. The molecule has 0 spiro atoms. The van der Waals surface area contributed by atoms with Gasteiger partial charge >= 0.3 is 6.61 Å². The van der Waals surface area contributed by atoms with Crippen LogP contribution in [-0.4, -0.2) is 43.6 Å². The van der Waals surface area contributed by atoms with Crippen LogP contribution in [-0.2, 0) is 0 Å². The van der Waals surface area contributed by atoms with E-state index in [0.29, 0.717) is 11.5 Å². The van der Waals surface area contributed by atoms with Crippen molar-refractivity contribution in [2.45, 2.75) is 26.4 Å². The van der Waals surface area contributed by atoms with Gasteiger partial charge in [0, 0.05) is 18.7 Å². The smallest absolute Gasteiger partial charge is 0.387 e. The van der Waals surface area contributed by atoms with Crippen LogP contribution < -0.4 is 10.1 Å². The van der Waals surface area contributed by atoms with E-state index < -0.39 is 6.61 Å². The van der Waals surface area contributed by atoms with Gasteiger partial charge < -0.3 is 15.0 Å². The highest BCUT2D eigenvalue weighted by Gasteiger charge is 2.23. The third-order valence-corrected chi connectivity index (χ3v) is 3.91. The number of halogens is 3. The quantitative estimate of drug-likeness (QED) is 0.858. The van der Waals surface area contributed by atoms with E-state index in [2.05, 4.69) is 17.0 Å². The number of carbonyl (C=O) groups is 1. The summed E-state index contributed by atoms with van der Waals surface area (Å²) in [6.07, 6.45) is 1.98. The molecule has 1 aliphatic heterocycles. The molecule has 2 rings (SSSR count). The summed E-state index contributed by atoms with van der Waals surface area (Å²) in [7, 11) is 0. The first-order valence-electron chi connectivity index (χ1n) is 7.65. The standard InChI is InChI=1S/C16H22F2N2O2.ClH/c1-2-19-11-12-7-9-20(10-8-12)15(21)13-3-5-14(6-4-13)22-16(17)18;/h3-6,12,16,19H,2,7-11H2,1H3;1H. The van der Waals surface area contributed by atoms with Gasteiger partial charge in [-0.05, 0) is 56.1 Å². The SMILES string of the molecule is CCNCC1CCN(C(=O)c2ccc(OC(F)F)cc2)CC1.Cl. The molecule has 0 aromatic heterocycles. The lowest BCUT2D eigenvalue weighted by Gasteiger charge is -2.32. The molecule has 1 amide bonds. The summed E-state index contributed by atoms with van der Waals surface area (Å²) in [4.78, 5) is 14.2. The van der Waals surface area contributed by atoms with Crippen molar-refractivity contribution in [2.75, 3.05) is 26.2 Å². The highest BCUT2D eigenvalue weighted by atomic mass is 35.5. The first kappa shape index (κ1) is 19.6. The highest BCUT2D eigenvalue weighted by molar-refractivity contribution is 5.94. The number of rotatable bonds is 6. The number of amides is 1. The van der Waals surface area contributed by atoms with E-state index in [9.17, 15) is 13.6 Å². The number of hydrogen-bond donors (Lipinski definition) is 1. The van der Waals surface area contributed by atoms with E-state index in [1.54, 1.807) is 0 Å². The zero-order chi connectivity index (χ0) is 15.9. The van der Waals surface area contributed by atoms with Crippen molar-refractivity contribution >= 4 is 18.3 Å². The maximum Gasteiger partial charge on any atom is 0.387 e. The van der Waals surface area contributed by atoms with Crippen LogP contribution in [0.1, 0.15) is 30.1 Å². The number of nitrogens with one attached hydrogen (secondary N) is 1. The van der Waals surface area contributed by atoms with E-state index in [1.165, 1.54) is 24.3 Å². The molecule has 0 saturated carbocycles. The molecule has 1 heterocycles. The average molecular weight is 349 g/mol. The van der Waals surface area contributed by atoms with Crippen LogP contribution in [0.4, 0.5) is 8.78 Å². The Morgan fingerprint density at radius 2 is 1.91 bits per heavy atom. The van der Waals surface area contributed by atoms with Crippen LogP contribution in [0.25, 0.3) is 0 Å². The van der Waals surface area contributed by atoms with Crippen molar-refractivity contribution in [2.24, 2.45) is 5.92 Å². The maximum atomic E-state index is 12.4. The van der Waals surface area contributed by atoms with E-state index in [1.807, 2.05) is 4.90 Å². The Morgan fingerprint density at radius 3 is 2.43 bits per heavy atom. The lowest BCUT2D eigenvalue weighted by molar-refractivity contribution is -0.0498. The fraction of sp³-hybridized carbons (Fsp3) is 0.562. The molecule has 0 radical (unpaired) electrons. The summed E-state index contributed by atoms with van der Waals surface area (Å²) in [5.74, 6) is 0.632. The molecule has 0 atom stereocenters. The van der Waals surface area contributed by atoms with Crippen LogP contribution in [0.15, 0.2) is 24.3 Å². The highest BCUT2D eigenvalue weighted by Crippen LogP contribution is 2.20. The number of ether oxygens (including phenoxy) is 1. The molecule has 23 heavy (non-hydrogen) atoms. The molecule has 0 bridgehead atoms. The Morgan fingerprint density at radius 1 is 1.30 bits per heavy atom. The molecule has 1 aliphatic rings. The van der Waals surface area contributed by atoms with E-state index in [-0.39, 0.29) is 24.1 Å². The number of benzene rings is 1. The largest absolute Gasteiger partial charge is 0.435 e. The minimum atomic E-state index is -2.85. The van der Waals surface area contributed by atoms with E-state index in [0.717, 1.165) is 39.0 Å². The monoisotopic (exact) mass is 348 g/mol. The molecule has 0 unspecified atom stereocenters. The first-order valence-corrected chi connectivity index (χ1v) is 7.65. The first-order chi connectivity index (χ1) is 10.6. The van der Waals surface area contributed by atoms with Gasteiger partial charge in [0.2, 0.25) is 0 Å². The van der Waals surface area contributed by atoms with Crippen LogP contribution in [0.5, 0.6) is 5.75 Å². The van der Waals surface area contributed by atoms with Crippen LogP contribution in [0, 0.1) is 5.92 Å². The van der Waals surface area contributed by atoms with Crippen LogP contribution in [0.3, 0.4) is 0 Å². The number of piperidine rings is 1. The van der Waals surface area contributed by atoms with Gasteiger partial charge in [0.25, 0.3) is 5.91 Å². The second kappa shape index (κ2) is 9.67. The fourth-order valence-electron chi connectivity index (χ4n) is 2.65. The molecular weight excluding hydrogens is 326 g/mol. The molecule has 4 nitrogen and oxygen atoms in total.